The van der Waals surface area contributed by atoms with Crippen molar-refractivity contribution in [1.82, 2.24) is 9.80 Å². The summed E-state index contributed by atoms with van der Waals surface area (Å²) in [6, 6.07) is 0. The Morgan fingerprint density at radius 3 is 2.24 bits per heavy atom. The van der Waals surface area contributed by atoms with Crippen molar-refractivity contribution in [2.45, 2.75) is 32.6 Å². The van der Waals surface area contributed by atoms with Crippen LogP contribution < -0.4 is 5.73 Å². The highest BCUT2D eigenvalue weighted by Gasteiger charge is 2.16. The van der Waals surface area contributed by atoms with Crippen LogP contribution in [0.4, 0.5) is 0 Å². The fourth-order valence-corrected chi connectivity index (χ4v) is 1.45. The Kier molecular flexibility index (Phi) is 8.40. The van der Waals surface area contributed by atoms with Crippen molar-refractivity contribution in [2.75, 3.05) is 33.7 Å². The fourth-order valence-electron chi connectivity index (χ4n) is 1.45. The second-order valence-electron chi connectivity index (χ2n) is 4.35. The number of likely N-dealkylation sites (N-methyl/N-ethyl adjacent to an activating group) is 1. The van der Waals surface area contributed by atoms with Gasteiger partial charge in [0.15, 0.2) is 0 Å². The van der Waals surface area contributed by atoms with Gasteiger partial charge in [-0.2, -0.15) is 0 Å². The summed E-state index contributed by atoms with van der Waals surface area (Å²) < 4.78 is 0. The van der Waals surface area contributed by atoms with Gasteiger partial charge in [-0.15, -0.1) is 0 Å². The molecule has 0 atom stereocenters. The average Bonchev–Trinajstić information content (AvgIpc) is 2.28. The quantitative estimate of drug-likeness (QED) is 0.629. The third-order valence-electron chi connectivity index (χ3n) is 2.52. The zero-order valence-electron chi connectivity index (χ0n) is 11.2. The Morgan fingerprint density at radius 2 is 1.76 bits per heavy atom. The van der Waals surface area contributed by atoms with Gasteiger partial charge < -0.3 is 15.5 Å². The molecule has 0 heterocycles. The van der Waals surface area contributed by atoms with E-state index in [1.54, 1.807) is 19.0 Å². The number of rotatable bonds is 8. The van der Waals surface area contributed by atoms with Gasteiger partial charge in [-0.25, -0.2) is 0 Å². The first-order valence-electron chi connectivity index (χ1n) is 6.20. The molecule has 0 aliphatic heterocycles. The van der Waals surface area contributed by atoms with Crippen LogP contribution in [0, 0.1) is 0 Å². The minimum Gasteiger partial charge on any atom is -0.347 e. The number of carbonyl (C=O) groups is 2. The lowest BCUT2D eigenvalue weighted by atomic mass is 10.2. The van der Waals surface area contributed by atoms with E-state index in [1.165, 1.54) is 4.90 Å². The monoisotopic (exact) mass is 243 g/mol. The number of amides is 2. The minimum atomic E-state index is -0.0365. The Balaban J connectivity index is 4.20. The van der Waals surface area contributed by atoms with Crippen LogP contribution in [-0.2, 0) is 9.59 Å². The summed E-state index contributed by atoms with van der Waals surface area (Å²) in [5.74, 6) is 0.0149. The predicted octanol–water partition coefficient (Wildman–Crippen LogP) is 0.442. The lowest BCUT2D eigenvalue weighted by molar-refractivity contribution is -0.139. The molecule has 0 spiro atoms. The van der Waals surface area contributed by atoms with E-state index in [1.807, 2.05) is 6.92 Å². The molecule has 100 valence electrons. The zero-order valence-corrected chi connectivity index (χ0v) is 11.2. The van der Waals surface area contributed by atoms with Gasteiger partial charge in [0.2, 0.25) is 11.8 Å². The Bertz CT molecular complexity index is 242. The molecule has 0 bridgehead atoms. The van der Waals surface area contributed by atoms with E-state index >= 15 is 0 Å². The smallest absolute Gasteiger partial charge is 0.241 e. The highest BCUT2D eigenvalue weighted by atomic mass is 16.2. The van der Waals surface area contributed by atoms with Crippen LogP contribution in [0.25, 0.3) is 0 Å². The Morgan fingerprint density at radius 1 is 1.12 bits per heavy atom. The van der Waals surface area contributed by atoms with E-state index < -0.39 is 0 Å². The summed E-state index contributed by atoms with van der Waals surface area (Å²) in [6.45, 7) is 3.43. The van der Waals surface area contributed by atoms with Crippen molar-refractivity contribution >= 4 is 11.8 Å². The molecular weight excluding hydrogens is 218 g/mol. The van der Waals surface area contributed by atoms with Crippen LogP contribution in [0.1, 0.15) is 32.6 Å². The van der Waals surface area contributed by atoms with Gasteiger partial charge in [0.1, 0.15) is 0 Å². The number of carbonyl (C=O) groups excluding carboxylic acids is 2. The normalized spacial score (nSPS) is 10.1. The summed E-state index contributed by atoms with van der Waals surface area (Å²) >= 11 is 0. The maximum absolute atomic E-state index is 11.9. The van der Waals surface area contributed by atoms with Gasteiger partial charge in [-0.1, -0.05) is 6.92 Å². The molecule has 0 aromatic rings. The van der Waals surface area contributed by atoms with Crippen LogP contribution in [0.5, 0.6) is 0 Å². The van der Waals surface area contributed by atoms with E-state index in [-0.39, 0.29) is 18.4 Å². The summed E-state index contributed by atoms with van der Waals surface area (Å²) in [5, 5.41) is 0. The first kappa shape index (κ1) is 15.9. The van der Waals surface area contributed by atoms with E-state index in [2.05, 4.69) is 0 Å². The minimum absolute atomic E-state index is 0.0365. The van der Waals surface area contributed by atoms with Crippen molar-refractivity contribution in [1.29, 1.82) is 0 Å². The third kappa shape index (κ3) is 6.94. The molecule has 0 aromatic carbocycles. The maximum atomic E-state index is 11.9. The zero-order chi connectivity index (χ0) is 13.3. The van der Waals surface area contributed by atoms with Gasteiger partial charge in [0, 0.05) is 27.1 Å². The largest absolute Gasteiger partial charge is 0.347 e. The number of hydrogen-bond acceptors (Lipinski definition) is 3. The molecule has 0 fully saturated rings. The topological polar surface area (TPSA) is 66.6 Å². The van der Waals surface area contributed by atoms with Crippen molar-refractivity contribution in [3.8, 4) is 0 Å². The standard InChI is InChI=1S/C12H25N3O2/c1-4-9-15(10-12(17)14(2)3)11(16)7-5-6-8-13/h4-10,13H2,1-3H3. The summed E-state index contributed by atoms with van der Waals surface area (Å²) in [7, 11) is 3.40. The van der Waals surface area contributed by atoms with Crippen molar-refractivity contribution in [2.24, 2.45) is 5.73 Å². The summed E-state index contributed by atoms with van der Waals surface area (Å²) in [5.41, 5.74) is 5.38. The summed E-state index contributed by atoms with van der Waals surface area (Å²) in [4.78, 5) is 26.6. The van der Waals surface area contributed by atoms with Crippen molar-refractivity contribution in [3.63, 3.8) is 0 Å². The first-order chi connectivity index (χ1) is 8.02. The van der Waals surface area contributed by atoms with E-state index in [0.29, 0.717) is 19.5 Å². The number of hydrogen-bond donors (Lipinski definition) is 1. The number of nitrogens with two attached hydrogens (primary N) is 1. The van der Waals surface area contributed by atoms with Crippen molar-refractivity contribution < 1.29 is 9.59 Å². The number of nitrogens with zero attached hydrogens (tertiary/aromatic N) is 2. The second-order valence-corrected chi connectivity index (χ2v) is 4.35. The Hall–Kier alpha value is -1.10. The molecule has 0 rings (SSSR count). The molecule has 2 N–H and O–H groups in total. The maximum Gasteiger partial charge on any atom is 0.241 e. The third-order valence-corrected chi connectivity index (χ3v) is 2.52. The SMILES string of the molecule is CCCN(CC(=O)N(C)C)C(=O)CCCCN. The van der Waals surface area contributed by atoms with E-state index in [0.717, 1.165) is 19.3 Å². The Labute approximate surface area is 104 Å². The number of unbranched alkanes of at least 4 members (excludes halogenated alkanes) is 1. The second kappa shape index (κ2) is 8.98. The lowest BCUT2D eigenvalue weighted by Crippen LogP contribution is -2.40. The van der Waals surface area contributed by atoms with E-state index in [9.17, 15) is 9.59 Å². The molecule has 0 unspecified atom stereocenters. The molecular formula is C12H25N3O2. The lowest BCUT2D eigenvalue weighted by Gasteiger charge is -2.23. The first-order valence-corrected chi connectivity index (χ1v) is 6.20. The van der Waals surface area contributed by atoms with Gasteiger partial charge in [-0.3, -0.25) is 9.59 Å². The van der Waals surface area contributed by atoms with Crippen LogP contribution in [0.15, 0.2) is 0 Å². The molecule has 0 saturated heterocycles. The van der Waals surface area contributed by atoms with E-state index in [4.69, 9.17) is 5.73 Å². The van der Waals surface area contributed by atoms with Crippen LogP contribution in [-0.4, -0.2) is 55.3 Å². The van der Waals surface area contributed by atoms with Crippen LogP contribution in [0.3, 0.4) is 0 Å². The van der Waals surface area contributed by atoms with Gasteiger partial charge in [0.05, 0.1) is 6.54 Å². The van der Waals surface area contributed by atoms with Gasteiger partial charge in [-0.05, 0) is 25.8 Å². The van der Waals surface area contributed by atoms with Crippen LogP contribution in [0.2, 0.25) is 0 Å². The van der Waals surface area contributed by atoms with Gasteiger partial charge >= 0.3 is 0 Å². The highest BCUT2D eigenvalue weighted by Crippen LogP contribution is 2.02. The molecule has 2 amide bonds. The average molecular weight is 243 g/mol. The molecule has 0 radical (unpaired) electrons. The predicted molar refractivity (Wildman–Crippen MR) is 68.5 cm³/mol. The molecule has 5 nitrogen and oxygen atoms in total. The van der Waals surface area contributed by atoms with Crippen molar-refractivity contribution in [3.05, 3.63) is 0 Å². The van der Waals surface area contributed by atoms with Crippen LogP contribution >= 0.6 is 0 Å². The van der Waals surface area contributed by atoms with Gasteiger partial charge in [0.25, 0.3) is 0 Å². The fraction of sp³-hybridized carbons (Fsp3) is 0.833. The molecule has 0 saturated carbocycles. The molecule has 17 heavy (non-hydrogen) atoms. The molecule has 0 aliphatic carbocycles. The molecule has 5 heteroatoms. The highest BCUT2D eigenvalue weighted by molar-refractivity contribution is 5.84. The summed E-state index contributed by atoms with van der Waals surface area (Å²) in [6.07, 6.45) is 3.00. The molecule has 0 aliphatic rings. The molecule has 0 aromatic heterocycles.